The van der Waals surface area contributed by atoms with Crippen molar-refractivity contribution in [3.8, 4) is 0 Å². The number of amides is 2. The summed E-state index contributed by atoms with van der Waals surface area (Å²) in [4.78, 5) is 22.4. The third-order valence-corrected chi connectivity index (χ3v) is 2.63. The van der Waals surface area contributed by atoms with E-state index in [4.69, 9.17) is 0 Å². The normalized spacial score (nSPS) is 18.5. The van der Waals surface area contributed by atoms with Gasteiger partial charge in [-0.05, 0) is 25.5 Å². The van der Waals surface area contributed by atoms with E-state index in [2.05, 4.69) is 10.6 Å². The van der Waals surface area contributed by atoms with E-state index in [9.17, 15) is 9.59 Å². The summed E-state index contributed by atoms with van der Waals surface area (Å²) in [7, 11) is 0. The maximum Gasteiger partial charge on any atom is 0.249 e. The lowest BCUT2D eigenvalue weighted by molar-refractivity contribution is -0.133. The number of hydrogen-bond donors (Lipinski definition) is 2. The first kappa shape index (κ1) is 14.2. The van der Waals surface area contributed by atoms with Crippen LogP contribution in [0.1, 0.15) is 35.1 Å². The molecule has 1 fully saturated rings. The highest BCUT2D eigenvalue weighted by Crippen LogP contribution is 2.14. The lowest BCUT2D eigenvalue weighted by Gasteiger charge is -2.22. The highest BCUT2D eigenvalue weighted by Gasteiger charge is 2.25. The van der Waals surface area contributed by atoms with E-state index in [1.54, 1.807) is 0 Å². The molecule has 1 heterocycles. The number of carbonyl (C=O) groups excluding carboxylic acids is 2. The fourth-order valence-corrected chi connectivity index (χ4v) is 1.68. The predicted molar refractivity (Wildman–Crippen MR) is 76.5 cm³/mol. The van der Waals surface area contributed by atoms with Crippen LogP contribution in [0.2, 0.25) is 0 Å². The second kappa shape index (κ2) is 6.79. The Labute approximate surface area is 111 Å². The molecule has 4 nitrogen and oxygen atoms in total. The van der Waals surface area contributed by atoms with Gasteiger partial charge in [0.25, 0.3) is 0 Å². The highest BCUT2D eigenvalue weighted by molar-refractivity contribution is 6.01. The van der Waals surface area contributed by atoms with Crippen LogP contribution in [0.3, 0.4) is 0 Å². The summed E-state index contributed by atoms with van der Waals surface area (Å²) in [6, 6.07) is 7.51. The summed E-state index contributed by atoms with van der Waals surface area (Å²) in [6.45, 7) is 6.01. The summed E-state index contributed by atoms with van der Waals surface area (Å²) < 4.78 is 0. The largest absolute Gasteiger partial charge is 0.374 e. The molecule has 4 heteroatoms. The van der Waals surface area contributed by atoms with Crippen LogP contribution in [-0.4, -0.2) is 17.9 Å². The first-order valence-corrected chi connectivity index (χ1v) is 6.32. The molecule has 0 bridgehead atoms. The maximum absolute atomic E-state index is 11.5. The van der Waals surface area contributed by atoms with Crippen molar-refractivity contribution < 1.29 is 12.4 Å². The molecule has 1 aromatic rings. The number of carbonyl (C=O) groups is 2. The van der Waals surface area contributed by atoms with Gasteiger partial charge in [-0.15, -0.1) is 0 Å². The van der Waals surface area contributed by atoms with Crippen LogP contribution >= 0.6 is 0 Å². The zero-order valence-corrected chi connectivity index (χ0v) is 11.1. The van der Waals surface area contributed by atoms with Gasteiger partial charge in [0.1, 0.15) is 6.04 Å². The molecule has 102 valence electrons. The number of rotatable bonds is 2. The monoisotopic (exact) mass is 252 g/mol. The maximum atomic E-state index is 11.5. The molecule has 0 aliphatic carbocycles. The van der Waals surface area contributed by atoms with Crippen molar-refractivity contribution in [1.82, 2.24) is 5.32 Å². The highest BCUT2D eigenvalue weighted by atomic mass is 16.2. The lowest BCUT2D eigenvalue weighted by atomic mass is 10.1. The average Bonchev–Trinajstić information content (AvgIpc) is 2.38. The minimum absolute atomic E-state index is 0. The van der Waals surface area contributed by atoms with Crippen molar-refractivity contribution in [2.45, 2.75) is 39.7 Å². The van der Waals surface area contributed by atoms with E-state index in [0.717, 1.165) is 5.69 Å². The fraction of sp³-hybridized carbons (Fsp3) is 0.429. The summed E-state index contributed by atoms with van der Waals surface area (Å²) >= 11 is 0. The van der Waals surface area contributed by atoms with Gasteiger partial charge in [0.15, 0.2) is 0 Å². The van der Waals surface area contributed by atoms with E-state index in [1.807, 2.05) is 45.0 Å². The predicted octanol–water partition coefficient (Wildman–Crippen LogP) is 2.73. The molecule has 0 aromatic heterocycles. The van der Waals surface area contributed by atoms with E-state index in [1.165, 1.54) is 5.56 Å². The van der Waals surface area contributed by atoms with Crippen LogP contribution in [-0.2, 0) is 9.59 Å². The first-order chi connectivity index (χ1) is 8.65. The molecular weight excluding hydrogens is 228 g/mol. The van der Waals surface area contributed by atoms with Crippen molar-refractivity contribution in [1.29, 1.82) is 0 Å². The lowest BCUT2D eigenvalue weighted by Crippen LogP contribution is -2.47. The smallest absolute Gasteiger partial charge is 0.249 e. The average molecular weight is 252 g/mol. The molecule has 1 aromatic carbocycles. The standard InChI is InChI=1S/C12H14N2O2.C2H6.2H2/c1-8-2-4-9(5-3-8)13-10-6-7-11(15)14-12(10)16;1-2;;/h2-5,10,13H,6-7H2,1H3,(H,14,15,16);1-2H3;2*1H. The molecule has 1 saturated heterocycles. The van der Waals surface area contributed by atoms with Crippen LogP contribution < -0.4 is 10.6 Å². The molecule has 1 aliphatic heterocycles. The topological polar surface area (TPSA) is 58.2 Å². The fourth-order valence-electron chi connectivity index (χ4n) is 1.68. The second-order valence-electron chi connectivity index (χ2n) is 4.01. The molecular formula is C14H24N2O2. The van der Waals surface area contributed by atoms with Crippen LogP contribution in [0.25, 0.3) is 0 Å². The van der Waals surface area contributed by atoms with Gasteiger partial charge in [-0.2, -0.15) is 0 Å². The summed E-state index contributed by atoms with van der Waals surface area (Å²) in [5.41, 5.74) is 2.08. The minimum atomic E-state index is -0.305. The first-order valence-electron chi connectivity index (χ1n) is 6.32. The van der Waals surface area contributed by atoms with Crippen molar-refractivity contribution in [3.05, 3.63) is 29.8 Å². The van der Waals surface area contributed by atoms with Gasteiger partial charge in [0.05, 0.1) is 0 Å². The van der Waals surface area contributed by atoms with Crippen LogP contribution in [0.4, 0.5) is 5.69 Å². The number of benzene rings is 1. The van der Waals surface area contributed by atoms with Crippen molar-refractivity contribution in [2.24, 2.45) is 0 Å². The molecule has 0 spiro atoms. The summed E-state index contributed by atoms with van der Waals surface area (Å²) in [6.07, 6.45) is 0.952. The Morgan fingerprint density at radius 1 is 1.22 bits per heavy atom. The minimum Gasteiger partial charge on any atom is -0.374 e. The van der Waals surface area contributed by atoms with Gasteiger partial charge < -0.3 is 5.32 Å². The number of imide groups is 1. The van der Waals surface area contributed by atoms with E-state index < -0.39 is 0 Å². The Morgan fingerprint density at radius 2 is 1.83 bits per heavy atom. The van der Waals surface area contributed by atoms with Gasteiger partial charge in [-0.1, -0.05) is 31.5 Å². The van der Waals surface area contributed by atoms with E-state index in [-0.39, 0.29) is 20.7 Å². The Kier molecular flexibility index (Phi) is 5.36. The molecule has 18 heavy (non-hydrogen) atoms. The van der Waals surface area contributed by atoms with Gasteiger partial charge in [-0.25, -0.2) is 0 Å². The van der Waals surface area contributed by atoms with Crippen LogP contribution in [0.15, 0.2) is 24.3 Å². The molecule has 2 amide bonds. The van der Waals surface area contributed by atoms with Crippen LogP contribution in [0, 0.1) is 6.92 Å². The van der Waals surface area contributed by atoms with Crippen molar-refractivity contribution in [3.63, 3.8) is 0 Å². The molecule has 2 N–H and O–H groups in total. The summed E-state index contributed by atoms with van der Waals surface area (Å²) in [5, 5.41) is 5.43. The Morgan fingerprint density at radius 3 is 2.39 bits per heavy atom. The molecule has 0 radical (unpaired) electrons. The number of piperidine rings is 1. The van der Waals surface area contributed by atoms with E-state index >= 15 is 0 Å². The van der Waals surface area contributed by atoms with Crippen molar-refractivity contribution in [2.75, 3.05) is 5.32 Å². The third kappa shape index (κ3) is 3.87. The molecule has 1 aliphatic rings. The zero-order valence-electron chi connectivity index (χ0n) is 11.1. The third-order valence-electron chi connectivity index (χ3n) is 2.63. The molecule has 0 saturated carbocycles. The van der Waals surface area contributed by atoms with Gasteiger partial charge in [-0.3, -0.25) is 14.9 Å². The molecule has 1 unspecified atom stereocenters. The Balaban J connectivity index is 0. The Hall–Kier alpha value is -1.84. The SMILES string of the molecule is CC.Cc1ccc(NC2CCC(=O)NC2=O)cc1.[HH].[HH]. The second-order valence-corrected chi connectivity index (χ2v) is 4.01. The number of nitrogens with one attached hydrogen (secondary N) is 2. The quantitative estimate of drug-likeness (QED) is 0.796. The number of aryl methyl sites for hydroxylation is 1. The van der Waals surface area contributed by atoms with Crippen molar-refractivity contribution >= 4 is 17.5 Å². The number of hydrogen-bond acceptors (Lipinski definition) is 3. The molecule has 2 rings (SSSR count). The Bertz CT molecular complexity index is 422. The van der Waals surface area contributed by atoms with Crippen LogP contribution in [0.5, 0.6) is 0 Å². The molecule has 1 atom stereocenters. The van der Waals surface area contributed by atoms with Gasteiger partial charge >= 0.3 is 0 Å². The number of anilines is 1. The zero-order chi connectivity index (χ0) is 13.5. The van der Waals surface area contributed by atoms with Gasteiger partial charge in [0.2, 0.25) is 11.8 Å². The van der Waals surface area contributed by atoms with Gasteiger partial charge in [0, 0.05) is 15.0 Å². The van der Waals surface area contributed by atoms with E-state index in [0.29, 0.717) is 12.8 Å². The summed E-state index contributed by atoms with van der Waals surface area (Å²) in [5.74, 6) is -0.427.